The van der Waals surface area contributed by atoms with E-state index in [9.17, 15) is 0 Å². The molecule has 0 saturated heterocycles. The van der Waals surface area contributed by atoms with Gasteiger partial charge in [-0.25, -0.2) is 0 Å². The molecule has 0 fully saturated rings. The number of hydrogen-bond acceptors (Lipinski definition) is 0. The normalized spacial score (nSPS) is 12.1. The quantitative estimate of drug-likeness (QED) is 0.527. The Bertz CT molecular complexity index is 441. The molecule has 0 nitrogen and oxygen atoms in total. The maximum Gasteiger partial charge on any atom is 0.0171 e. The zero-order chi connectivity index (χ0) is 12.8. The standard InChI is InChI=1S/C16H19I/c1-5-7-8-14(6-2)11-15-13(4)9-12(3)10-16(15)17/h5-10H,2,11H2,1,3-4H3/b7-5+,14-8+. The van der Waals surface area contributed by atoms with E-state index in [1.54, 1.807) is 0 Å². The SMILES string of the molecule is C=C/C(=C\C=C\C)Cc1c(C)cc(C)cc1I. The first kappa shape index (κ1) is 14.2. The average molecular weight is 338 g/mol. The van der Waals surface area contributed by atoms with Crippen LogP contribution in [0.1, 0.15) is 23.6 Å². The summed E-state index contributed by atoms with van der Waals surface area (Å²) < 4.78 is 1.34. The monoisotopic (exact) mass is 338 g/mol. The fourth-order valence-corrected chi connectivity index (χ4v) is 2.90. The molecule has 0 amide bonds. The average Bonchev–Trinajstić information content (AvgIpc) is 2.27. The van der Waals surface area contributed by atoms with Gasteiger partial charge in [-0.3, -0.25) is 0 Å². The van der Waals surface area contributed by atoms with Crippen LogP contribution >= 0.6 is 22.6 Å². The minimum absolute atomic E-state index is 0.957. The molecule has 1 aromatic carbocycles. The highest BCUT2D eigenvalue weighted by atomic mass is 127. The molecule has 0 spiro atoms. The van der Waals surface area contributed by atoms with E-state index in [0.717, 1.165) is 6.42 Å². The van der Waals surface area contributed by atoms with Gasteiger partial charge in [0, 0.05) is 3.57 Å². The van der Waals surface area contributed by atoms with Crippen molar-refractivity contribution in [3.8, 4) is 0 Å². The third kappa shape index (κ3) is 4.15. The first-order chi connectivity index (χ1) is 8.08. The summed E-state index contributed by atoms with van der Waals surface area (Å²) in [6.45, 7) is 10.2. The molecule has 1 rings (SSSR count). The fourth-order valence-electron chi connectivity index (χ4n) is 1.79. The summed E-state index contributed by atoms with van der Waals surface area (Å²) in [6.07, 6.45) is 9.12. The molecule has 0 bridgehead atoms. The van der Waals surface area contributed by atoms with E-state index in [1.807, 2.05) is 19.1 Å². The Labute approximate surface area is 118 Å². The van der Waals surface area contributed by atoms with E-state index in [0.29, 0.717) is 0 Å². The van der Waals surface area contributed by atoms with E-state index in [2.05, 4.69) is 67.3 Å². The predicted octanol–water partition coefficient (Wildman–Crippen LogP) is 5.14. The summed E-state index contributed by atoms with van der Waals surface area (Å²) >= 11 is 2.42. The highest BCUT2D eigenvalue weighted by Gasteiger charge is 2.05. The lowest BCUT2D eigenvalue weighted by Crippen LogP contribution is -1.96. The first-order valence-electron chi connectivity index (χ1n) is 5.78. The smallest absolute Gasteiger partial charge is 0.0171 e. The number of halogens is 1. The van der Waals surface area contributed by atoms with Gasteiger partial charge >= 0.3 is 0 Å². The summed E-state index contributed by atoms with van der Waals surface area (Å²) in [5.74, 6) is 0. The van der Waals surface area contributed by atoms with Crippen molar-refractivity contribution in [1.29, 1.82) is 0 Å². The summed E-state index contributed by atoms with van der Waals surface area (Å²) in [6, 6.07) is 4.48. The van der Waals surface area contributed by atoms with Gasteiger partial charge in [-0.1, -0.05) is 36.9 Å². The number of hydrogen-bond donors (Lipinski definition) is 0. The molecule has 0 atom stereocenters. The predicted molar refractivity (Wildman–Crippen MR) is 85.4 cm³/mol. The summed E-state index contributed by atoms with van der Waals surface area (Å²) in [5.41, 5.74) is 5.36. The molecule has 1 aromatic rings. The minimum Gasteiger partial charge on any atom is -0.0988 e. The van der Waals surface area contributed by atoms with Crippen molar-refractivity contribution in [3.05, 3.63) is 68.8 Å². The molecule has 0 aliphatic rings. The highest BCUT2D eigenvalue weighted by Crippen LogP contribution is 2.22. The van der Waals surface area contributed by atoms with Crippen molar-refractivity contribution < 1.29 is 0 Å². The third-order valence-electron chi connectivity index (χ3n) is 2.71. The zero-order valence-electron chi connectivity index (χ0n) is 10.8. The number of benzene rings is 1. The third-order valence-corrected chi connectivity index (χ3v) is 3.67. The Morgan fingerprint density at radius 3 is 2.59 bits per heavy atom. The van der Waals surface area contributed by atoms with E-state index in [4.69, 9.17) is 0 Å². The molecule has 17 heavy (non-hydrogen) atoms. The van der Waals surface area contributed by atoms with Gasteiger partial charge in [0.2, 0.25) is 0 Å². The lowest BCUT2D eigenvalue weighted by Gasteiger charge is -2.10. The molecule has 0 unspecified atom stereocenters. The maximum absolute atomic E-state index is 3.88. The van der Waals surface area contributed by atoms with Gasteiger partial charge < -0.3 is 0 Å². The van der Waals surface area contributed by atoms with Crippen LogP contribution in [-0.2, 0) is 6.42 Å². The number of aryl methyl sites for hydroxylation is 2. The van der Waals surface area contributed by atoms with Crippen LogP contribution in [-0.4, -0.2) is 0 Å². The topological polar surface area (TPSA) is 0 Å². The number of allylic oxidation sites excluding steroid dienone is 5. The lowest BCUT2D eigenvalue weighted by atomic mass is 9.98. The molecule has 0 heterocycles. The Morgan fingerprint density at radius 1 is 1.35 bits per heavy atom. The van der Waals surface area contributed by atoms with Crippen molar-refractivity contribution in [2.45, 2.75) is 27.2 Å². The van der Waals surface area contributed by atoms with E-state index in [1.165, 1.54) is 25.8 Å². The van der Waals surface area contributed by atoms with Gasteiger partial charge in [0.05, 0.1) is 0 Å². The Morgan fingerprint density at radius 2 is 2.06 bits per heavy atom. The molecule has 1 heteroatoms. The van der Waals surface area contributed by atoms with Gasteiger partial charge in [0.15, 0.2) is 0 Å². The van der Waals surface area contributed by atoms with Gasteiger partial charge in [-0.05, 0) is 78.1 Å². The molecule has 0 aromatic heterocycles. The molecule has 0 radical (unpaired) electrons. The van der Waals surface area contributed by atoms with Crippen LogP contribution in [0.2, 0.25) is 0 Å². The molecular weight excluding hydrogens is 319 g/mol. The largest absolute Gasteiger partial charge is 0.0988 e. The van der Waals surface area contributed by atoms with Gasteiger partial charge in [0.25, 0.3) is 0 Å². The van der Waals surface area contributed by atoms with Gasteiger partial charge in [0.1, 0.15) is 0 Å². The van der Waals surface area contributed by atoms with E-state index in [-0.39, 0.29) is 0 Å². The molecule has 0 saturated carbocycles. The van der Waals surface area contributed by atoms with Crippen LogP contribution in [0.4, 0.5) is 0 Å². The van der Waals surface area contributed by atoms with Crippen LogP contribution in [0.5, 0.6) is 0 Å². The Kier molecular flexibility index (Phi) is 5.69. The minimum atomic E-state index is 0.957. The maximum atomic E-state index is 3.88. The lowest BCUT2D eigenvalue weighted by molar-refractivity contribution is 1.13. The van der Waals surface area contributed by atoms with Crippen molar-refractivity contribution in [2.75, 3.05) is 0 Å². The first-order valence-corrected chi connectivity index (χ1v) is 6.86. The van der Waals surface area contributed by atoms with Crippen molar-refractivity contribution in [1.82, 2.24) is 0 Å². The second-order valence-electron chi connectivity index (χ2n) is 4.19. The van der Waals surface area contributed by atoms with Gasteiger partial charge in [-0.15, -0.1) is 0 Å². The van der Waals surface area contributed by atoms with Crippen molar-refractivity contribution >= 4 is 22.6 Å². The summed E-state index contributed by atoms with van der Waals surface area (Å²) in [5, 5.41) is 0. The van der Waals surface area contributed by atoms with Crippen LogP contribution < -0.4 is 0 Å². The van der Waals surface area contributed by atoms with E-state index < -0.39 is 0 Å². The molecule has 0 aliphatic heterocycles. The summed E-state index contributed by atoms with van der Waals surface area (Å²) in [4.78, 5) is 0. The molecular formula is C16H19I. The summed E-state index contributed by atoms with van der Waals surface area (Å²) in [7, 11) is 0. The second-order valence-corrected chi connectivity index (χ2v) is 5.35. The fraction of sp³-hybridized carbons (Fsp3) is 0.250. The van der Waals surface area contributed by atoms with Crippen molar-refractivity contribution in [2.24, 2.45) is 0 Å². The molecule has 0 aliphatic carbocycles. The van der Waals surface area contributed by atoms with E-state index >= 15 is 0 Å². The second kappa shape index (κ2) is 6.80. The zero-order valence-corrected chi connectivity index (χ0v) is 12.9. The van der Waals surface area contributed by atoms with Crippen LogP contribution in [0.15, 0.2) is 48.6 Å². The Hall–Kier alpha value is -0.830. The van der Waals surface area contributed by atoms with Crippen molar-refractivity contribution in [3.63, 3.8) is 0 Å². The highest BCUT2D eigenvalue weighted by molar-refractivity contribution is 14.1. The van der Waals surface area contributed by atoms with Crippen LogP contribution in [0, 0.1) is 17.4 Å². The Balaban J connectivity index is 3.06. The van der Waals surface area contributed by atoms with Gasteiger partial charge in [-0.2, -0.15) is 0 Å². The molecule has 0 N–H and O–H groups in total. The number of rotatable bonds is 4. The molecule has 90 valence electrons. The van der Waals surface area contributed by atoms with Crippen LogP contribution in [0.25, 0.3) is 0 Å². The van der Waals surface area contributed by atoms with Crippen LogP contribution in [0.3, 0.4) is 0 Å².